The molecule has 0 N–H and O–H groups in total. The standard InChI is InChI=1S/C13H23NO/c1-3-11(4-2)10-13(12(14)15)8-6-5-7-9-13/h11H,3-10H2,1-2H3. The van der Waals surface area contributed by atoms with Crippen LogP contribution in [-0.4, -0.2) is 5.91 Å². The minimum atomic E-state index is -0.547. The van der Waals surface area contributed by atoms with E-state index < -0.39 is 5.91 Å². The molecule has 1 rings (SSSR count). The molecular formula is C13H23NO. The Morgan fingerprint density at radius 2 is 1.73 bits per heavy atom. The molecule has 0 aromatic heterocycles. The summed E-state index contributed by atoms with van der Waals surface area (Å²) in [5, 5.41) is 0. The van der Waals surface area contributed by atoms with E-state index in [1.165, 1.54) is 6.42 Å². The van der Waals surface area contributed by atoms with Gasteiger partial charge in [0, 0.05) is 0 Å². The SMILES string of the molecule is CCC(CC)CC1(C([N])=O)CCCCC1. The van der Waals surface area contributed by atoms with Gasteiger partial charge >= 0.3 is 0 Å². The van der Waals surface area contributed by atoms with Crippen molar-refractivity contribution in [1.29, 1.82) is 0 Å². The molecule has 0 bridgehead atoms. The second-order valence-electron chi connectivity index (χ2n) is 5.03. The molecule has 86 valence electrons. The fourth-order valence-electron chi connectivity index (χ4n) is 2.86. The molecule has 1 amide bonds. The van der Waals surface area contributed by atoms with Crippen LogP contribution in [-0.2, 0) is 4.79 Å². The summed E-state index contributed by atoms with van der Waals surface area (Å²) in [4.78, 5) is 11.4. The van der Waals surface area contributed by atoms with E-state index in [-0.39, 0.29) is 5.41 Å². The van der Waals surface area contributed by atoms with Crippen molar-refractivity contribution in [2.24, 2.45) is 11.3 Å². The summed E-state index contributed by atoms with van der Waals surface area (Å²) in [7, 11) is 0. The fraction of sp³-hybridized carbons (Fsp3) is 0.923. The van der Waals surface area contributed by atoms with Crippen molar-refractivity contribution in [3.8, 4) is 0 Å². The van der Waals surface area contributed by atoms with Crippen LogP contribution in [0.1, 0.15) is 65.2 Å². The zero-order chi connectivity index (χ0) is 11.3. The zero-order valence-electron chi connectivity index (χ0n) is 10.1. The number of rotatable bonds is 5. The van der Waals surface area contributed by atoms with E-state index in [0.29, 0.717) is 5.92 Å². The summed E-state index contributed by atoms with van der Waals surface area (Å²) in [5.41, 5.74) is 9.05. The average Bonchev–Trinajstić information content (AvgIpc) is 2.27. The molecule has 2 nitrogen and oxygen atoms in total. The second-order valence-corrected chi connectivity index (χ2v) is 5.03. The Balaban J connectivity index is 2.67. The van der Waals surface area contributed by atoms with Gasteiger partial charge in [0.15, 0.2) is 0 Å². The van der Waals surface area contributed by atoms with Gasteiger partial charge in [-0.15, -0.1) is 5.73 Å². The maximum Gasteiger partial charge on any atom is 0.270 e. The monoisotopic (exact) mass is 209 g/mol. The maximum atomic E-state index is 11.4. The first-order valence-electron chi connectivity index (χ1n) is 6.38. The minimum Gasteiger partial charge on any atom is -0.270 e. The van der Waals surface area contributed by atoms with Crippen LogP contribution in [0.3, 0.4) is 0 Å². The molecule has 2 radical (unpaired) electrons. The molecule has 1 saturated carbocycles. The normalized spacial score (nSPS) is 20.5. The first kappa shape index (κ1) is 12.5. The van der Waals surface area contributed by atoms with Gasteiger partial charge in [-0.2, -0.15) is 0 Å². The van der Waals surface area contributed by atoms with Crippen LogP contribution in [0, 0.1) is 11.3 Å². The maximum absolute atomic E-state index is 11.4. The highest BCUT2D eigenvalue weighted by Gasteiger charge is 2.40. The van der Waals surface area contributed by atoms with Crippen LogP contribution in [0.25, 0.3) is 0 Å². The molecule has 0 aromatic carbocycles. The Hall–Kier alpha value is -0.530. The van der Waals surface area contributed by atoms with Crippen LogP contribution in [0.15, 0.2) is 0 Å². The van der Waals surface area contributed by atoms with Gasteiger partial charge in [-0.3, -0.25) is 4.79 Å². The molecule has 0 aromatic rings. The van der Waals surface area contributed by atoms with Gasteiger partial charge in [0.2, 0.25) is 0 Å². The van der Waals surface area contributed by atoms with Crippen LogP contribution in [0.4, 0.5) is 0 Å². The minimum absolute atomic E-state index is 0.380. The molecule has 1 aliphatic rings. The topological polar surface area (TPSA) is 39.4 Å². The smallest absolute Gasteiger partial charge is 0.270 e. The fourth-order valence-corrected chi connectivity index (χ4v) is 2.86. The molecule has 0 heterocycles. The van der Waals surface area contributed by atoms with Crippen LogP contribution < -0.4 is 5.73 Å². The number of hydrogen-bond donors (Lipinski definition) is 0. The van der Waals surface area contributed by atoms with Gasteiger partial charge in [-0.25, -0.2) is 0 Å². The summed E-state index contributed by atoms with van der Waals surface area (Å²) in [6, 6.07) is 0. The Morgan fingerprint density at radius 3 is 2.13 bits per heavy atom. The molecule has 0 unspecified atom stereocenters. The molecule has 1 aliphatic carbocycles. The van der Waals surface area contributed by atoms with E-state index >= 15 is 0 Å². The van der Waals surface area contributed by atoms with Crippen LogP contribution >= 0.6 is 0 Å². The number of carbonyl (C=O) groups excluding carboxylic acids is 1. The highest BCUT2D eigenvalue weighted by atomic mass is 16.1. The molecule has 0 spiro atoms. The highest BCUT2D eigenvalue weighted by Crippen LogP contribution is 2.42. The Morgan fingerprint density at radius 1 is 1.20 bits per heavy atom. The molecule has 15 heavy (non-hydrogen) atoms. The molecule has 0 aliphatic heterocycles. The largest absolute Gasteiger partial charge is 0.270 e. The van der Waals surface area contributed by atoms with Gasteiger partial charge in [-0.05, 0) is 25.2 Å². The lowest BCUT2D eigenvalue weighted by molar-refractivity contribution is -0.131. The van der Waals surface area contributed by atoms with Crippen LogP contribution in [0.5, 0.6) is 0 Å². The van der Waals surface area contributed by atoms with Crippen molar-refractivity contribution in [3.63, 3.8) is 0 Å². The predicted molar refractivity (Wildman–Crippen MR) is 61.3 cm³/mol. The summed E-state index contributed by atoms with van der Waals surface area (Å²) >= 11 is 0. The summed E-state index contributed by atoms with van der Waals surface area (Å²) in [6.45, 7) is 4.35. The lowest BCUT2D eigenvalue weighted by Crippen LogP contribution is -2.36. The molecule has 0 saturated heterocycles. The van der Waals surface area contributed by atoms with Gasteiger partial charge in [0.05, 0.1) is 5.41 Å². The van der Waals surface area contributed by atoms with E-state index in [0.717, 1.165) is 44.9 Å². The third-order valence-corrected chi connectivity index (χ3v) is 4.10. The average molecular weight is 209 g/mol. The Bertz CT molecular complexity index is 203. The lowest BCUT2D eigenvalue weighted by Gasteiger charge is -2.35. The van der Waals surface area contributed by atoms with Gasteiger partial charge in [0.25, 0.3) is 5.91 Å². The third kappa shape index (κ3) is 2.96. The van der Waals surface area contributed by atoms with Crippen molar-refractivity contribution in [2.45, 2.75) is 65.2 Å². The van der Waals surface area contributed by atoms with Crippen molar-refractivity contribution < 1.29 is 4.79 Å². The third-order valence-electron chi connectivity index (χ3n) is 4.10. The Labute approximate surface area is 93.6 Å². The summed E-state index contributed by atoms with van der Waals surface area (Å²) in [6.07, 6.45) is 8.36. The van der Waals surface area contributed by atoms with Gasteiger partial charge in [-0.1, -0.05) is 46.0 Å². The summed E-state index contributed by atoms with van der Waals surface area (Å²) in [5.74, 6) is 0.0494. The number of hydrogen-bond acceptors (Lipinski definition) is 1. The van der Waals surface area contributed by atoms with Crippen molar-refractivity contribution >= 4 is 5.91 Å². The van der Waals surface area contributed by atoms with E-state index in [1.807, 2.05) is 0 Å². The first-order valence-corrected chi connectivity index (χ1v) is 6.38. The summed E-state index contributed by atoms with van der Waals surface area (Å²) < 4.78 is 0. The van der Waals surface area contributed by atoms with E-state index in [1.54, 1.807) is 0 Å². The quantitative estimate of drug-likeness (QED) is 0.684. The van der Waals surface area contributed by atoms with E-state index in [9.17, 15) is 10.5 Å². The second kappa shape index (κ2) is 5.53. The highest BCUT2D eigenvalue weighted by molar-refractivity contribution is 5.80. The first-order chi connectivity index (χ1) is 7.14. The van der Waals surface area contributed by atoms with Gasteiger partial charge < -0.3 is 0 Å². The predicted octanol–water partition coefficient (Wildman–Crippen LogP) is 3.36. The molecular weight excluding hydrogens is 186 g/mol. The number of nitrogens with zero attached hydrogens (tertiary/aromatic N) is 1. The zero-order valence-corrected chi connectivity index (χ0v) is 10.1. The van der Waals surface area contributed by atoms with Crippen molar-refractivity contribution in [3.05, 3.63) is 0 Å². The molecule has 2 heteroatoms. The lowest BCUT2D eigenvalue weighted by atomic mass is 9.68. The molecule has 0 atom stereocenters. The number of carbonyl (C=O) groups is 1. The van der Waals surface area contributed by atoms with Gasteiger partial charge in [0.1, 0.15) is 0 Å². The van der Waals surface area contributed by atoms with Crippen molar-refractivity contribution in [2.75, 3.05) is 0 Å². The van der Waals surface area contributed by atoms with E-state index in [4.69, 9.17) is 0 Å². The number of amides is 1. The van der Waals surface area contributed by atoms with E-state index in [2.05, 4.69) is 13.8 Å². The molecule has 1 fully saturated rings. The van der Waals surface area contributed by atoms with Crippen molar-refractivity contribution in [1.82, 2.24) is 5.73 Å². The Kier molecular flexibility index (Phi) is 4.62. The van der Waals surface area contributed by atoms with Crippen LogP contribution in [0.2, 0.25) is 0 Å².